The predicted octanol–water partition coefficient (Wildman–Crippen LogP) is 3.58. The summed E-state index contributed by atoms with van der Waals surface area (Å²) < 4.78 is 7.07. The number of aryl methyl sites for hydroxylation is 1. The Balaban J connectivity index is 2.36. The lowest BCUT2D eigenvalue weighted by Gasteiger charge is -2.08. The smallest absolute Gasteiger partial charge is 0.212 e. The maximum Gasteiger partial charge on any atom is 0.212 e. The van der Waals surface area contributed by atoms with Gasteiger partial charge in [0.2, 0.25) is 5.78 Å². The van der Waals surface area contributed by atoms with Gasteiger partial charge < -0.3 is 4.74 Å². The van der Waals surface area contributed by atoms with E-state index >= 15 is 0 Å². The summed E-state index contributed by atoms with van der Waals surface area (Å²) >= 11 is 6.09. The molecule has 1 heterocycles. The zero-order valence-corrected chi connectivity index (χ0v) is 12.4. The van der Waals surface area contributed by atoms with Gasteiger partial charge in [0.15, 0.2) is 0 Å². The summed E-state index contributed by atoms with van der Waals surface area (Å²) in [7, 11) is 0. The molecular weight excluding hydrogens is 276 g/mol. The molecule has 0 fully saturated rings. The zero-order valence-electron chi connectivity index (χ0n) is 11.6. The highest BCUT2D eigenvalue weighted by molar-refractivity contribution is 6.34. The molecule has 0 spiro atoms. The quantitative estimate of drug-likeness (QED) is 0.765. The summed E-state index contributed by atoms with van der Waals surface area (Å²) in [6, 6.07) is 7.10. The number of ether oxygens (including phenoxy) is 1. The van der Waals surface area contributed by atoms with Crippen LogP contribution in [0.1, 0.15) is 36.3 Å². The molecule has 0 saturated heterocycles. The standard InChI is InChI=1S/C15H17ClN2O2/c1-3-8-18-14(13(16)10-17-18)15(19)11-6-5-7-12(9-11)20-4-2/h5-7,9-10H,3-4,8H2,1-2H3. The highest BCUT2D eigenvalue weighted by Gasteiger charge is 2.19. The number of aromatic nitrogens is 2. The van der Waals surface area contributed by atoms with Crippen molar-refractivity contribution in [2.24, 2.45) is 0 Å². The van der Waals surface area contributed by atoms with E-state index in [1.54, 1.807) is 22.9 Å². The van der Waals surface area contributed by atoms with Crippen LogP contribution in [0.2, 0.25) is 5.02 Å². The zero-order chi connectivity index (χ0) is 14.5. The van der Waals surface area contributed by atoms with Crippen LogP contribution in [0, 0.1) is 0 Å². The van der Waals surface area contributed by atoms with Crippen LogP contribution in [-0.2, 0) is 6.54 Å². The third kappa shape index (κ3) is 3.02. The summed E-state index contributed by atoms with van der Waals surface area (Å²) in [5, 5.41) is 4.52. The van der Waals surface area contributed by atoms with E-state index in [1.807, 2.05) is 19.9 Å². The molecule has 5 heteroatoms. The molecule has 0 aliphatic rings. The SMILES string of the molecule is CCCn1ncc(Cl)c1C(=O)c1cccc(OCC)c1. The van der Waals surface area contributed by atoms with Crippen molar-refractivity contribution < 1.29 is 9.53 Å². The van der Waals surface area contributed by atoms with E-state index in [-0.39, 0.29) is 5.78 Å². The lowest BCUT2D eigenvalue weighted by atomic mass is 10.1. The van der Waals surface area contributed by atoms with Gasteiger partial charge in [-0.1, -0.05) is 30.7 Å². The first kappa shape index (κ1) is 14.6. The van der Waals surface area contributed by atoms with Crippen LogP contribution in [-0.4, -0.2) is 22.2 Å². The molecular formula is C15H17ClN2O2. The van der Waals surface area contributed by atoms with Crippen molar-refractivity contribution in [3.8, 4) is 5.75 Å². The van der Waals surface area contributed by atoms with Crippen molar-refractivity contribution in [1.29, 1.82) is 0 Å². The first-order valence-corrected chi connectivity index (χ1v) is 7.04. The lowest BCUT2D eigenvalue weighted by molar-refractivity contribution is 0.102. The van der Waals surface area contributed by atoms with Gasteiger partial charge in [-0.3, -0.25) is 9.48 Å². The van der Waals surface area contributed by atoms with Gasteiger partial charge >= 0.3 is 0 Å². The molecule has 0 amide bonds. The molecule has 2 rings (SSSR count). The second-order valence-corrected chi connectivity index (χ2v) is 4.76. The number of hydrogen-bond donors (Lipinski definition) is 0. The summed E-state index contributed by atoms with van der Waals surface area (Å²) in [6.07, 6.45) is 2.40. The lowest BCUT2D eigenvalue weighted by Crippen LogP contribution is -2.12. The van der Waals surface area contributed by atoms with Crippen LogP contribution >= 0.6 is 11.6 Å². The molecule has 0 unspecified atom stereocenters. The van der Waals surface area contributed by atoms with E-state index in [0.717, 1.165) is 6.42 Å². The van der Waals surface area contributed by atoms with Gasteiger partial charge in [0.25, 0.3) is 0 Å². The Morgan fingerprint density at radius 3 is 2.90 bits per heavy atom. The predicted molar refractivity (Wildman–Crippen MR) is 78.6 cm³/mol. The third-order valence-corrected chi connectivity index (χ3v) is 3.13. The second kappa shape index (κ2) is 6.57. The summed E-state index contributed by atoms with van der Waals surface area (Å²) in [4.78, 5) is 12.6. The highest BCUT2D eigenvalue weighted by atomic mass is 35.5. The number of ketones is 1. The highest BCUT2D eigenvalue weighted by Crippen LogP contribution is 2.22. The number of rotatable bonds is 6. The molecule has 0 saturated carbocycles. The second-order valence-electron chi connectivity index (χ2n) is 4.35. The van der Waals surface area contributed by atoms with Gasteiger partial charge in [-0.05, 0) is 25.5 Å². The monoisotopic (exact) mass is 292 g/mol. The van der Waals surface area contributed by atoms with Crippen LogP contribution < -0.4 is 4.74 Å². The summed E-state index contributed by atoms with van der Waals surface area (Å²) in [5.74, 6) is 0.540. The van der Waals surface area contributed by atoms with Crippen molar-refractivity contribution in [3.63, 3.8) is 0 Å². The van der Waals surface area contributed by atoms with Gasteiger partial charge in [0.05, 0.1) is 17.8 Å². The first-order valence-electron chi connectivity index (χ1n) is 6.66. The maximum absolute atomic E-state index is 12.6. The number of nitrogens with zero attached hydrogens (tertiary/aromatic N) is 2. The molecule has 0 atom stereocenters. The first-order chi connectivity index (χ1) is 9.67. The normalized spacial score (nSPS) is 10.6. The number of benzene rings is 1. The molecule has 0 bridgehead atoms. The van der Waals surface area contributed by atoms with E-state index in [4.69, 9.17) is 16.3 Å². The number of carbonyl (C=O) groups excluding carboxylic acids is 1. The van der Waals surface area contributed by atoms with E-state index in [1.165, 1.54) is 6.20 Å². The molecule has 0 aliphatic carbocycles. The Hall–Kier alpha value is -1.81. The minimum Gasteiger partial charge on any atom is -0.494 e. The molecule has 4 nitrogen and oxygen atoms in total. The molecule has 106 valence electrons. The molecule has 0 aliphatic heterocycles. The van der Waals surface area contributed by atoms with Gasteiger partial charge in [0.1, 0.15) is 11.4 Å². The number of carbonyl (C=O) groups is 1. The Labute approximate surface area is 123 Å². The fraction of sp³-hybridized carbons (Fsp3) is 0.333. The summed E-state index contributed by atoms with van der Waals surface area (Å²) in [5.41, 5.74) is 0.984. The largest absolute Gasteiger partial charge is 0.494 e. The van der Waals surface area contributed by atoms with Crippen LogP contribution in [0.15, 0.2) is 30.5 Å². The van der Waals surface area contributed by atoms with Crippen LogP contribution in [0.25, 0.3) is 0 Å². The van der Waals surface area contributed by atoms with Gasteiger partial charge in [0, 0.05) is 12.1 Å². The van der Waals surface area contributed by atoms with E-state index in [9.17, 15) is 4.79 Å². The minimum absolute atomic E-state index is 0.137. The molecule has 0 radical (unpaired) electrons. The Morgan fingerprint density at radius 2 is 2.20 bits per heavy atom. The van der Waals surface area contributed by atoms with Crippen molar-refractivity contribution in [2.45, 2.75) is 26.8 Å². The minimum atomic E-state index is -0.137. The van der Waals surface area contributed by atoms with Crippen molar-refractivity contribution in [1.82, 2.24) is 9.78 Å². The Kier molecular flexibility index (Phi) is 4.79. The van der Waals surface area contributed by atoms with E-state index < -0.39 is 0 Å². The van der Waals surface area contributed by atoms with Gasteiger partial charge in [-0.25, -0.2) is 0 Å². The fourth-order valence-corrected chi connectivity index (χ4v) is 2.23. The Bertz CT molecular complexity index is 608. The molecule has 2 aromatic rings. The Morgan fingerprint density at radius 1 is 1.40 bits per heavy atom. The van der Waals surface area contributed by atoms with E-state index in [2.05, 4.69) is 5.10 Å². The van der Waals surface area contributed by atoms with Gasteiger partial charge in [-0.15, -0.1) is 0 Å². The fourth-order valence-electron chi connectivity index (χ4n) is 2.00. The number of halogens is 1. The maximum atomic E-state index is 12.6. The third-order valence-electron chi connectivity index (χ3n) is 2.85. The molecule has 20 heavy (non-hydrogen) atoms. The van der Waals surface area contributed by atoms with Crippen molar-refractivity contribution >= 4 is 17.4 Å². The topological polar surface area (TPSA) is 44.1 Å². The van der Waals surface area contributed by atoms with Crippen LogP contribution in [0.4, 0.5) is 0 Å². The van der Waals surface area contributed by atoms with E-state index in [0.29, 0.717) is 35.2 Å². The van der Waals surface area contributed by atoms with Crippen molar-refractivity contribution in [2.75, 3.05) is 6.61 Å². The summed E-state index contributed by atoms with van der Waals surface area (Å²) in [6.45, 7) is 5.16. The van der Waals surface area contributed by atoms with Crippen LogP contribution in [0.5, 0.6) is 5.75 Å². The van der Waals surface area contributed by atoms with Crippen molar-refractivity contribution in [3.05, 3.63) is 46.7 Å². The van der Waals surface area contributed by atoms with Gasteiger partial charge in [-0.2, -0.15) is 5.10 Å². The molecule has 1 aromatic carbocycles. The molecule has 1 aromatic heterocycles. The van der Waals surface area contributed by atoms with Crippen LogP contribution in [0.3, 0.4) is 0 Å². The average Bonchev–Trinajstić information content (AvgIpc) is 2.80. The number of hydrogen-bond acceptors (Lipinski definition) is 3. The molecule has 0 N–H and O–H groups in total. The average molecular weight is 293 g/mol.